The van der Waals surface area contributed by atoms with E-state index in [9.17, 15) is 5.11 Å². The molecule has 0 amide bonds. The van der Waals surface area contributed by atoms with Gasteiger partial charge in [-0.2, -0.15) is 0 Å². The molecule has 1 heterocycles. The normalized spacial score (nSPS) is 29.1. The van der Waals surface area contributed by atoms with E-state index in [0.29, 0.717) is 5.92 Å². The number of ether oxygens (including phenoxy) is 1. The number of unbranched alkanes of at least 4 members (excludes halogenated alkanes) is 3. The summed E-state index contributed by atoms with van der Waals surface area (Å²) in [6.07, 6.45) is 7.03. The Hall–Kier alpha value is -0.0800. The summed E-state index contributed by atoms with van der Waals surface area (Å²) in [5.41, 5.74) is 0. The minimum atomic E-state index is -0.102. The molecule has 2 heteroatoms. The topological polar surface area (TPSA) is 29.5 Å². The summed E-state index contributed by atoms with van der Waals surface area (Å²) in [5, 5.41) is 9.65. The molecule has 13 heavy (non-hydrogen) atoms. The molecule has 1 rings (SSSR count). The Kier molecular flexibility index (Phi) is 5.40. The van der Waals surface area contributed by atoms with Gasteiger partial charge in [0.1, 0.15) is 0 Å². The number of aliphatic hydroxyl groups excluding tert-OH is 1. The van der Waals surface area contributed by atoms with Crippen LogP contribution in [0.1, 0.15) is 45.4 Å². The molecule has 1 aliphatic heterocycles. The summed E-state index contributed by atoms with van der Waals surface area (Å²) >= 11 is 0. The van der Waals surface area contributed by atoms with Gasteiger partial charge in [0, 0.05) is 12.5 Å². The number of aliphatic hydroxyl groups is 1. The van der Waals surface area contributed by atoms with Crippen molar-refractivity contribution >= 4 is 0 Å². The van der Waals surface area contributed by atoms with E-state index in [1.165, 1.54) is 25.7 Å². The maximum absolute atomic E-state index is 9.65. The highest BCUT2D eigenvalue weighted by molar-refractivity contribution is 4.72. The highest BCUT2D eigenvalue weighted by Crippen LogP contribution is 2.20. The molecule has 0 bridgehead atoms. The summed E-state index contributed by atoms with van der Waals surface area (Å²) in [6.45, 7) is 3.73. The Morgan fingerprint density at radius 3 is 2.85 bits per heavy atom. The molecule has 0 aromatic heterocycles. The molecular formula is C11H22O2. The lowest BCUT2D eigenvalue weighted by atomic mass is 9.93. The van der Waals surface area contributed by atoms with E-state index < -0.39 is 0 Å². The fourth-order valence-corrected chi connectivity index (χ4v) is 1.89. The molecule has 1 aliphatic rings. The Morgan fingerprint density at radius 2 is 2.15 bits per heavy atom. The van der Waals surface area contributed by atoms with Crippen molar-refractivity contribution in [2.24, 2.45) is 5.92 Å². The first-order chi connectivity index (χ1) is 6.34. The van der Waals surface area contributed by atoms with Gasteiger partial charge in [-0.1, -0.05) is 32.6 Å². The zero-order valence-electron chi connectivity index (χ0n) is 8.67. The van der Waals surface area contributed by atoms with Crippen LogP contribution in [0.4, 0.5) is 0 Å². The first-order valence-electron chi connectivity index (χ1n) is 5.60. The van der Waals surface area contributed by atoms with Crippen molar-refractivity contribution in [3.05, 3.63) is 0 Å². The summed E-state index contributed by atoms with van der Waals surface area (Å²) in [4.78, 5) is 0. The van der Waals surface area contributed by atoms with Crippen LogP contribution in [-0.2, 0) is 4.74 Å². The van der Waals surface area contributed by atoms with Gasteiger partial charge in [-0.15, -0.1) is 0 Å². The van der Waals surface area contributed by atoms with Crippen molar-refractivity contribution in [3.8, 4) is 0 Å². The van der Waals surface area contributed by atoms with Crippen molar-refractivity contribution in [2.75, 3.05) is 13.2 Å². The third-order valence-electron chi connectivity index (χ3n) is 2.86. The van der Waals surface area contributed by atoms with Crippen molar-refractivity contribution in [2.45, 2.75) is 51.6 Å². The van der Waals surface area contributed by atoms with E-state index in [1.54, 1.807) is 0 Å². The van der Waals surface area contributed by atoms with Gasteiger partial charge >= 0.3 is 0 Å². The average Bonchev–Trinajstić information content (AvgIpc) is 2.15. The van der Waals surface area contributed by atoms with E-state index in [2.05, 4.69) is 6.92 Å². The van der Waals surface area contributed by atoms with Gasteiger partial charge in [0.05, 0.1) is 12.7 Å². The molecule has 0 aromatic rings. The van der Waals surface area contributed by atoms with Crippen LogP contribution < -0.4 is 0 Å². The highest BCUT2D eigenvalue weighted by Gasteiger charge is 2.22. The zero-order valence-corrected chi connectivity index (χ0v) is 8.67. The summed E-state index contributed by atoms with van der Waals surface area (Å²) in [6, 6.07) is 0. The Labute approximate surface area is 81.3 Å². The quantitative estimate of drug-likeness (QED) is 0.668. The van der Waals surface area contributed by atoms with Crippen LogP contribution in [0.5, 0.6) is 0 Å². The Bertz CT molecular complexity index is 125. The molecule has 0 saturated carbocycles. The molecule has 2 atom stereocenters. The second-order valence-electron chi connectivity index (χ2n) is 4.04. The molecule has 1 fully saturated rings. The number of hydrogen-bond donors (Lipinski definition) is 1. The van der Waals surface area contributed by atoms with Crippen LogP contribution in [0.2, 0.25) is 0 Å². The first-order valence-corrected chi connectivity index (χ1v) is 5.60. The smallest absolute Gasteiger partial charge is 0.0612 e. The largest absolute Gasteiger partial charge is 0.393 e. The number of rotatable bonds is 5. The third-order valence-corrected chi connectivity index (χ3v) is 2.86. The maximum atomic E-state index is 9.65. The Morgan fingerprint density at radius 1 is 1.31 bits per heavy atom. The molecule has 0 aliphatic carbocycles. The lowest BCUT2D eigenvalue weighted by Crippen LogP contribution is -2.31. The Balaban J connectivity index is 2.05. The van der Waals surface area contributed by atoms with Gasteiger partial charge in [-0.25, -0.2) is 0 Å². The fourth-order valence-electron chi connectivity index (χ4n) is 1.89. The molecule has 0 radical (unpaired) electrons. The molecule has 0 aromatic carbocycles. The van der Waals surface area contributed by atoms with Gasteiger partial charge in [-0.05, 0) is 12.8 Å². The maximum Gasteiger partial charge on any atom is 0.0612 e. The fraction of sp³-hybridized carbons (Fsp3) is 1.00. The van der Waals surface area contributed by atoms with E-state index in [-0.39, 0.29) is 6.10 Å². The van der Waals surface area contributed by atoms with E-state index in [0.717, 1.165) is 26.1 Å². The molecular weight excluding hydrogens is 164 g/mol. The van der Waals surface area contributed by atoms with Gasteiger partial charge in [0.2, 0.25) is 0 Å². The van der Waals surface area contributed by atoms with Crippen LogP contribution in [0.15, 0.2) is 0 Å². The minimum Gasteiger partial charge on any atom is -0.393 e. The van der Waals surface area contributed by atoms with Crippen LogP contribution >= 0.6 is 0 Å². The minimum absolute atomic E-state index is 0.102. The van der Waals surface area contributed by atoms with E-state index in [4.69, 9.17) is 4.74 Å². The molecule has 1 saturated heterocycles. The zero-order chi connectivity index (χ0) is 9.52. The van der Waals surface area contributed by atoms with Gasteiger partial charge in [0.25, 0.3) is 0 Å². The van der Waals surface area contributed by atoms with Gasteiger partial charge in [0.15, 0.2) is 0 Å². The average molecular weight is 186 g/mol. The standard InChI is InChI=1S/C11H22O2/c1-2-3-4-5-6-10-9-13-8-7-11(10)12/h10-12H,2-9H2,1H3. The van der Waals surface area contributed by atoms with Crippen molar-refractivity contribution in [1.82, 2.24) is 0 Å². The van der Waals surface area contributed by atoms with Crippen molar-refractivity contribution in [1.29, 1.82) is 0 Å². The molecule has 78 valence electrons. The monoisotopic (exact) mass is 186 g/mol. The van der Waals surface area contributed by atoms with Crippen molar-refractivity contribution < 1.29 is 9.84 Å². The van der Waals surface area contributed by atoms with Crippen LogP contribution in [0.25, 0.3) is 0 Å². The van der Waals surface area contributed by atoms with E-state index >= 15 is 0 Å². The molecule has 1 N–H and O–H groups in total. The van der Waals surface area contributed by atoms with E-state index in [1.807, 2.05) is 0 Å². The molecule has 2 unspecified atom stereocenters. The van der Waals surface area contributed by atoms with Crippen LogP contribution in [0.3, 0.4) is 0 Å². The molecule has 2 nitrogen and oxygen atoms in total. The van der Waals surface area contributed by atoms with Gasteiger partial charge in [-0.3, -0.25) is 0 Å². The summed E-state index contributed by atoms with van der Waals surface area (Å²) in [7, 11) is 0. The SMILES string of the molecule is CCCCCCC1COCCC1O. The lowest BCUT2D eigenvalue weighted by molar-refractivity contribution is -0.0389. The number of hydrogen-bond acceptors (Lipinski definition) is 2. The second-order valence-corrected chi connectivity index (χ2v) is 4.04. The predicted octanol–water partition coefficient (Wildman–Crippen LogP) is 2.35. The highest BCUT2D eigenvalue weighted by atomic mass is 16.5. The lowest BCUT2D eigenvalue weighted by Gasteiger charge is -2.27. The predicted molar refractivity (Wildman–Crippen MR) is 53.7 cm³/mol. The van der Waals surface area contributed by atoms with Gasteiger partial charge < -0.3 is 9.84 Å². The second kappa shape index (κ2) is 6.39. The summed E-state index contributed by atoms with van der Waals surface area (Å²) < 4.78 is 5.35. The van der Waals surface area contributed by atoms with Crippen LogP contribution in [0, 0.1) is 5.92 Å². The van der Waals surface area contributed by atoms with Crippen molar-refractivity contribution in [3.63, 3.8) is 0 Å². The molecule has 0 spiro atoms. The third kappa shape index (κ3) is 4.10. The first kappa shape index (κ1) is 11.0. The van der Waals surface area contributed by atoms with Crippen LogP contribution in [-0.4, -0.2) is 24.4 Å². The summed E-state index contributed by atoms with van der Waals surface area (Å²) in [5.74, 6) is 0.408.